The smallest absolute Gasteiger partial charge is 0.150 e. The van der Waals surface area contributed by atoms with Gasteiger partial charge in [-0.15, -0.1) is 0 Å². The number of halogens is 2. The minimum absolute atomic E-state index is 0.276. The Labute approximate surface area is 101 Å². The van der Waals surface area contributed by atoms with Gasteiger partial charge in [0, 0.05) is 15.6 Å². The first kappa shape index (κ1) is 11.0. The number of carbonyl (C=O) groups is 1. The topological polar surface area (TPSA) is 17.1 Å². The van der Waals surface area contributed by atoms with Crippen molar-refractivity contribution in [2.45, 2.75) is 0 Å². The van der Waals surface area contributed by atoms with Crippen LogP contribution < -0.4 is 0 Å². The third kappa shape index (κ3) is 2.19. The van der Waals surface area contributed by atoms with E-state index in [0.29, 0.717) is 11.1 Å². The predicted octanol–water partition coefficient (Wildman–Crippen LogP) is 4.07. The molecule has 0 bridgehead atoms. The summed E-state index contributed by atoms with van der Waals surface area (Å²) >= 11 is 3.30. The van der Waals surface area contributed by atoms with Crippen LogP contribution in [0.1, 0.15) is 10.4 Å². The largest absolute Gasteiger partial charge is 0.298 e. The molecule has 0 amide bonds. The van der Waals surface area contributed by atoms with E-state index in [-0.39, 0.29) is 5.82 Å². The molecule has 2 aromatic carbocycles. The first-order chi connectivity index (χ1) is 7.70. The number of benzene rings is 2. The molecule has 0 atom stereocenters. The summed E-state index contributed by atoms with van der Waals surface area (Å²) in [6.45, 7) is 0. The molecular formula is C13H8BrFO. The average molecular weight is 279 g/mol. The highest BCUT2D eigenvalue weighted by Crippen LogP contribution is 2.26. The lowest BCUT2D eigenvalue weighted by molar-refractivity contribution is 0.112. The van der Waals surface area contributed by atoms with E-state index in [1.165, 1.54) is 6.07 Å². The van der Waals surface area contributed by atoms with Crippen molar-refractivity contribution in [3.63, 3.8) is 0 Å². The molecule has 0 N–H and O–H groups in total. The standard InChI is InChI=1S/C13H8BrFO/c14-11-5-6-13(15)12(7-11)10-3-1-9(8-16)2-4-10/h1-8H. The Morgan fingerprint density at radius 3 is 2.38 bits per heavy atom. The molecule has 0 saturated carbocycles. The van der Waals surface area contributed by atoms with Crippen molar-refractivity contribution in [2.75, 3.05) is 0 Å². The molecule has 2 aromatic rings. The van der Waals surface area contributed by atoms with Gasteiger partial charge in [-0.1, -0.05) is 40.2 Å². The number of aldehydes is 1. The number of rotatable bonds is 2. The van der Waals surface area contributed by atoms with E-state index in [0.717, 1.165) is 16.3 Å². The van der Waals surface area contributed by atoms with Gasteiger partial charge < -0.3 is 0 Å². The van der Waals surface area contributed by atoms with Crippen molar-refractivity contribution in [3.8, 4) is 11.1 Å². The molecule has 3 heteroatoms. The lowest BCUT2D eigenvalue weighted by atomic mass is 10.0. The van der Waals surface area contributed by atoms with Gasteiger partial charge >= 0.3 is 0 Å². The molecule has 0 saturated heterocycles. The molecule has 0 radical (unpaired) electrons. The molecule has 0 aliphatic rings. The summed E-state index contributed by atoms with van der Waals surface area (Å²) in [7, 11) is 0. The van der Waals surface area contributed by atoms with Crippen LogP contribution >= 0.6 is 15.9 Å². The van der Waals surface area contributed by atoms with Crippen LogP contribution in [-0.4, -0.2) is 6.29 Å². The van der Waals surface area contributed by atoms with Crippen LogP contribution in [0.3, 0.4) is 0 Å². The van der Waals surface area contributed by atoms with Gasteiger partial charge in [0.25, 0.3) is 0 Å². The molecular weight excluding hydrogens is 271 g/mol. The summed E-state index contributed by atoms with van der Waals surface area (Å²) in [4.78, 5) is 10.5. The van der Waals surface area contributed by atoms with Crippen molar-refractivity contribution in [1.29, 1.82) is 0 Å². The fraction of sp³-hybridized carbons (Fsp3) is 0. The van der Waals surface area contributed by atoms with Gasteiger partial charge in [0.15, 0.2) is 0 Å². The number of carbonyl (C=O) groups excluding carboxylic acids is 1. The van der Waals surface area contributed by atoms with Crippen molar-refractivity contribution in [2.24, 2.45) is 0 Å². The van der Waals surface area contributed by atoms with Crippen LogP contribution in [0.4, 0.5) is 4.39 Å². The lowest BCUT2D eigenvalue weighted by Gasteiger charge is -2.04. The maximum atomic E-state index is 13.5. The maximum Gasteiger partial charge on any atom is 0.150 e. The number of hydrogen-bond acceptors (Lipinski definition) is 1. The monoisotopic (exact) mass is 278 g/mol. The van der Waals surface area contributed by atoms with Gasteiger partial charge in [0.1, 0.15) is 12.1 Å². The Kier molecular flexibility index (Phi) is 3.15. The van der Waals surface area contributed by atoms with Crippen molar-refractivity contribution < 1.29 is 9.18 Å². The molecule has 16 heavy (non-hydrogen) atoms. The third-order valence-electron chi connectivity index (χ3n) is 2.29. The molecule has 0 spiro atoms. The Morgan fingerprint density at radius 1 is 1.06 bits per heavy atom. The Balaban J connectivity index is 2.49. The normalized spacial score (nSPS) is 10.1. The molecule has 0 unspecified atom stereocenters. The van der Waals surface area contributed by atoms with Crippen molar-refractivity contribution in [3.05, 3.63) is 58.3 Å². The molecule has 1 nitrogen and oxygen atoms in total. The van der Waals surface area contributed by atoms with E-state index in [1.807, 2.05) is 0 Å². The molecule has 0 heterocycles. The zero-order chi connectivity index (χ0) is 11.5. The zero-order valence-corrected chi connectivity index (χ0v) is 9.87. The second kappa shape index (κ2) is 4.58. The van der Waals surface area contributed by atoms with E-state index >= 15 is 0 Å². The fourth-order valence-corrected chi connectivity index (χ4v) is 1.82. The van der Waals surface area contributed by atoms with E-state index < -0.39 is 0 Å². The van der Waals surface area contributed by atoms with Gasteiger partial charge in [-0.2, -0.15) is 0 Å². The van der Waals surface area contributed by atoms with Gasteiger partial charge in [0.05, 0.1) is 0 Å². The highest BCUT2D eigenvalue weighted by atomic mass is 79.9. The van der Waals surface area contributed by atoms with Crippen LogP contribution in [0.25, 0.3) is 11.1 Å². The SMILES string of the molecule is O=Cc1ccc(-c2cc(Br)ccc2F)cc1. The summed E-state index contributed by atoms with van der Waals surface area (Å²) in [5.74, 6) is -0.276. The highest BCUT2D eigenvalue weighted by Gasteiger charge is 2.05. The van der Waals surface area contributed by atoms with Crippen molar-refractivity contribution in [1.82, 2.24) is 0 Å². The third-order valence-corrected chi connectivity index (χ3v) is 2.78. The molecule has 0 aliphatic carbocycles. The van der Waals surface area contributed by atoms with Gasteiger partial charge in [-0.3, -0.25) is 4.79 Å². The van der Waals surface area contributed by atoms with Crippen LogP contribution in [0.2, 0.25) is 0 Å². The number of hydrogen-bond donors (Lipinski definition) is 0. The first-order valence-corrected chi connectivity index (χ1v) is 5.50. The molecule has 0 fully saturated rings. The second-order valence-corrected chi connectivity index (χ2v) is 4.28. The Hall–Kier alpha value is -1.48. The lowest BCUT2D eigenvalue weighted by Crippen LogP contribution is -1.85. The predicted molar refractivity (Wildman–Crippen MR) is 64.9 cm³/mol. The van der Waals surface area contributed by atoms with Crippen LogP contribution in [0, 0.1) is 5.82 Å². The summed E-state index contributed by atoms with van der Waals surface area (Å²) in [6.07, 6.45) is 0.765. The highest BCUT2D eigenvalue weighted by molar-refractivity contribution is 9.10. The van der Waals surface area contributed by atoms with E-state index in [4.69, 9.17) is 0 Å². The van der Waals surface area contributed by atoms with E-state index in [2.05, 4.69) is 15.9 Å². The zero-order valence-electron chi connectivity index (χ0n) is 8.28. The van der Waals surface area contributed by atoms with E-state index in [1.54, 1.807) is 36.4 Å². The van der Waals surface area contributed by atoms with E-state index in [9.17, 15) is 9.18 Å². The van der Waals surface area contributed by atoms with Crippen LogP contribution in [0.5, 0.6) is 0 Å². The molecule has 0 aliphatic heterocycles. The first-order valence-electron chi connectivity index (χ1n) is 4.71. The second-order valence-electron chi connectivity index (χ2n) is 3.36. The summed E-state index contributed by atoms with van der Waals surface area (Å²) in [6, 6.07) is 11.6. The minimum atomic E-state index is -0.276. The fourth-order valence-electron chi connectivity index (χ4n) is 1.46. The summed E-state index contributed by atoms with van der Waals surface area (Å²) in [5, 5.41) is 0. The Bertz CT molecular complexity index is 520. The van der Waals surface area contributed by atoms with Gasteiger partial charge in [0.2, 0.25) is 0 Å². The molecule has 0 aromatic heterocycles. The minimum Gasteiger partial charge on any atom is -0.298 e. The maximum absolute atomic E-state index is 13.5. The van der Waals surface area contributed by atoms with Crippen LogP contribution in [-0.2, 0) is 0 Å². The summed E-state index contributed by atoms with van der Waals surface area (Å²) in [5.41, 5.74) is 1.86. The summed E-state index contributed by atoms with van der Waals surface area (Å²) < 4.78 is 14.4. The van der Waals surface area contributed by atoms with Crippen molar-refractivity contribution >= 4 is 22.2 Å². The van der Waals surface area contributed by atoms with Crippen LogP contribution in [0.15, 0.2) is 46.9 Å². The Morgan fingerprint density at radius 2 is 1.75 bits per heavy atom. The quantitative estimate of drug-likeness (QED) is 0.757. The van der Waals surface area contributed by atoms with Gasteiger partial charge in [-0.25, -0.2) is 4.39 Å². The average Bonchev–Trinajstić information content (AvgIpc) is 2.32. The van der Waals surface area contributed by atoms with Gasteiger partial charge in [-0.05, 0) is 23.8 Å². The molecule has 2 rings (SSSR count). The molecule has 80 valence electrons.